The van der Waals surface area contributed by atoms with Gasteiger partial charge < -0.3 is 16.0 Å². The number of amides is 3. The fraction of sp³-hybridized carbons (Fsp3) is 0.0455. The van der Waals surface area contributed by atoms with Gasteiger partial charge in [-0.05, 0) is 60.7 Å². The van der Waals surface area contributed by atoms with Gasteiger partial charge >= 0.3 is 0 Å². The summed E-state index contributed by atoms with van der Waals surface area (Å²) in [6.07, 6.45) is 0. The Morgan fingerprint density at radius 3 is 1.66 bits per heavy atom. The molecule has 0 aliphatic carbocycles. The molecule has 0 heterocycles. The fourth-order valence-electron chi connectivity index (χ4n) is 2.57. The molecule has 3 aromatic carbocycles. The van der Waals surface area contributed by atoms with Crippen LogP contribution in [0, 0.1) is 5.82 Å². The van der Waals surface area contributed by atoms with Gasteiger partial charge in [-0.1, -0.05) is 12.1 Å². The number of anilines is 3. The van der Waals surface area contributed by atoms with Crippen molar-refractivity contribution >= 4 is 34.8 Å². The van der Waals surface area contributed by atoms with Crippen molar-refractivity contribution in [3.05, 3.63) is 89.7 Å². The normalized spacial score (nSPS) is 10.1. The van der Waals surface area contributed by atoms with Crippen LogP contribution < -0.4 is 16.0 Å². The minimum Gasteiger partial charge on any atom is -0.326 e. The molecule has 7 heteroatoms. The topological polar surface area (TPSA) is 87.3 Å². The van der Waals surface area contributed by atoms with Gasteiger partial charge in [0, 0.05) is 29.4 Å². The standard InChI is InChI=1S/C22H18FN3O3/c1-14(27)24-17-10-12-18(13-11-17)25-21(28)15-6-8-16(9-7-15)22(29)26-20-5-3-2-4-19(20)23/h2-13H,1H3,(H,24,27)(H,25,28)(H,26,29). The number of benzene rings is 3. The van der Waals surface area contributed by atoms with E-state index in [-0.39, 0.29) is 17.5 Å². The summed E-state index contributed by atoms with van der Waals surface area (Å²) >= 11 is 0. The van der Waals surface area contributed by atoms with E-state index in [9.17, 15) is 18.8 Å². The first-order valence-corrected chi connectivity index (χ1v) is 8.77. The molecule has 29 heavy (non-hydrogen) atoms. The molecule has 0 aliphatic heterocycles. The Morgan fingerprint density at radius 1 is 0.655 bits per heavy atom. The molecular weight excluding hydrogens is 373 g/mol. The summed E-state index contributed by atoms with van der Waals surface area (Å²) < 4.78 is 13.6. The van der Waals surface area contributed by atoms with Gasteiger partial charge in [-0.15, -0.1) is 0 Å². The van der Waals surface area contributed by atoms with Crippen LogP contribution in [0.5, 0.6) is 0 Å². The van der Waals surface area contributed by atoms with E-state index in [1.54, 1.807) is 30.3 Å². The molecular formula is C22H18FN3O3. The summed E-state index contributed by atoms with van der Waals surface area (Å²) in [5.41, 5.74) is 1.93. The molecule has 0 atom stereocenters. The van der Waals surface area contributed by atoms with Gasteiger partial charge in [0.15, 0.2) is 0 Å². The van der Waals surface area contributed by atoms with Crippen molar-refractivity contribution < 1.29 is 18.8 Å². The van der Waals surface area contributed by atoms with E-state index in [0.29, 0.717) is 22.5 Å². The Morgan fingerprint density at radius 2 is 1.14 bits per heavy atom. The molecule has 0 aromatic heterocycles. The molecule has 3 N–H and O–H groups in total. The first-order chi connectivity index (χ1) is 13.9. The number of rotatable bonds is 5. The second-order valence-corrected chi connectivity index (χ2v) is 6.22. The number of carbonyl (C=O) groups excluding carboxylic acids is 3. The van der Waals surface area contributed by atoms with Crippen molar-refractivity contribution in [1.82, 2.24) is 0 Å². The van der Waals surface area contributed by atoms with Crippen LogP contribution in [0.2, 0.25) is 0 Å². The summed E-state index contributed by atoms with van der Waals surface area (Å²) in [5, 5.41) is 7.86. The zero-order valence-electron chi connectivity index (χ0n) is 15.5. The monoisotopic (exact) mass is 391 g/mol. The van der Waals surface area contributed by atoms with Crippen molar-refractivity contribution in [2.75, 3.05) is 16.0 Å². The maximum Gasteiger partial charge on any atom is 0.255 e. The van der Waals surface area contributed by atoms with E-state index in [1.807, 2.05) is 0 Å². The minimum absolute atomic E-state index is 0.0852. The predicted molar refractivity (Wildman–Crippen MR) is 109 cm³/mol. The highest BCUT2D eigenvalue weighted by molar-refractivity contribution is 6.07. The zero-order chi connectivity index (χ0) is 20.8. The molecule has 0 fully saturated rings. The van der Waals surface area contributed by atoms with Gasteiger partial charge in [-0.2, -0.15) is 0 Å². The quantitative estimate of drug-likeness (QED) is 0.606. The molecule has 0 spiro atoms. The average Bonchev–Trinajstić information content (AvgIpc) is 2.71. The van der Waals surface area contributed by atoms with Crippen molar-refractivity contribution in [2.45, 2.75) is 6.92 Å². The molecule has 0 saturated carbocycles. The maximum atomic E-state index is 13.6. The Hall–Kier alpha value is -4.00. The van der Waals surface area contributed by atoms with Crippen LogP contribution in [0.25, 0.3) is 0 Å². The maximum absolute atomic E-state index is 13.6. The SMILES string of the molecule is CC(=O)Nc1ccc(NC(=O)c2ccc(C(=O)Nc3ccccc3F)cc2)cc1. The second kappa shape index (κ2) is 8.79. The summed E-state index contributed by atoms with van der Waals surface area (Å²) in [6, 6.07) is 18.6. The Kier molecular flexibility index (Phi) is 5.99. The third kappa shape index (κ3) is 5.26. The highest BCUT2D eigenvalue weighted by atomic mass is 19.1. The van der Waals surface area contributed by atoms with Gasteiger partial charge in [-0.3, -0.25) is 14.4 Å². The Balaban J connectivity index is 1.63. The van der Waals surface area contributed by atoms with E-state index < -0.39 is 11.7 Å². The fourth-order valence-corrected chi connectivity index (χ4v) is 2.57. The van der Waals surface area contributed by atoms with Crippen LogP contribution in [0.3, 0.4) is 0 Å². The van der Waals surface area contributed by atoms with E-state index >= 15 is 0 Å². The minimum atomic E-state index is -0.527. The van der Waals surface area contributed by atoms with Crippen LogP contribution in [0.1, 0.15) is 27.6 Å². The van der Waals surface area contributed by atoms with Crippen molar-refractivity contribution in [2.24, 2.45) is 0 Å². The molecule has 3 aromatic rings. The lowest BCUT2D eigenvalue weighted by atomic mass is 10.1. The summed E-state index contributed by atoms with van der Waals surface area (Å²) in [5.74, 6) is -1.53. The third-order valence-corrected chi connectivity index (χ3v) is 3.99. The third-order valence-electron chi connectivity index (χ3n) is 3.99. The highest BCUT2D eigenvalue weighted by Gasteiger charge is 2.11. The van der Waals surface area contributed by atoms with Gasteiger partial charge in [-0.25, -0.2) is 4.39 Å². The smallest absolute Gasteiger partial charge is 0.255 e. The summed E-state index contributed by atoms with van der Waals surface area (Å²) in [6.45, 7) is 1.41. The molecule has 0 radical (unpaired) electrons. The van der Waals surface area contributed by atoms with E-state index in [2.05, 4.69) is 16.0 Å². The predicted octanol–water partition coefficient (Wildman–Crippen LogP) is 4.29. The van der Waals surface area contributed by atoms with Crippen LogP contribution in [-0.4, -0.2) is 17.7 Å². The second-order valence-electron chi connectivity index (χ2n) is 6.22. The lowest BCUT2D eigenvalue weighted by Crippen LogP contribution is -2.15. The number of hydrogen-bond donors (Lipinski definition) is 3. The number of carbonyl (C=O) groups is 3. The number of nitrogens with one attached hydrogen (secondary N) is 3. The van der Waals surface area contributed by atoms with Crippen LogP contribution in [0.4, 0.5) is 21.5 Å². The van der Waals surface area contributed by atoms with E-state index in [4.69, 9.17) is 0 Å². The molecule has 3 amide bonds. The van der Waals surface area contributed by atoms with Crippen LogP contribution in [0.15, 0.2) is 72.8 Å². The molecule has 0 unspecified atom stereocenters. The van der Waals surface area contributed by atoms with Gasteiger partial charge in [0.2, 0.25) is 5.91 Å². The lowest BCUT2D eigenvalue weighted by Gasteiger charge is -2.08. The molecule has 3 rings (SSSR count). The largest absolute Gasteiger partial charge is 0.326 e. The highest BCUT2D eigenvalue weighted by Crippen LogP contribution is 2.16. The number of hydrogen-bond acceptors (Lipinski definition) is 3. The van der Waals surface area contributed by atoms with Crippen LogP contribution in [-0.2, 0) is 4.79 Å². The average molecular weight is 391 g/mol. The Bertz CT molecular complexity index is 1050. The molecule has 0 bridgehead atoms. The van der Waals surface area contributed by atoms with Gasteiger partial charge in [0.05, 0.1) is 5.69 Å². The van der Waals surface area contributed by atoms with Crippen LogP contribution >= 0.6 is 0 Å². The van der Waals surface area contributed by atoms with E-state index in [0.717, 1.165) is 0 Å². The number of para-hydroxylation sites is 1. The Labute approximate surface area is 166 Å². The first kappa shape index (κ1) is 19.8. The molecule has 146 valence electrons. The first-order valence-electron chi connectivity index (χ1n) is 8.77. The molecule has 6 nitrogen and oxygen atoms in total. The lowest BCUT2D eigenvalue weighted by molar-refractivity contribution is -0.114. The van der Waals surface area contributed by atoms with E-state index in [1.165, 1.54) is 49.4 Å². The molecule has 0 aliphatic rings. The zero-order valence-corrected chi connectivity index (χ0v) is 15.5. The number of halogens is 1. The van der Waals surface area contributed by atoms with Gasteiger partial charge in [0.1, 0.15) is 5.82 Å². The van der Waals surface area contributed by atoms with Crippen molar-refractivity contribution in [1.29, 1.82) is 0 Å². The summed E-state index contributed by atoms with van der Waals surface area (Å²) in [4.78, 5) is 35.6. The van der Waals surface area contributed by atoms with Gasteiger partial charge in [0.25, 0.3) is 11.8 Å². The van der Waals surface area contributed by atoms with Crippen molar-refractivity contribution in [3.63, 3.8) is 0 Å². The summed E-state index contributed by atoms with van der Waals surface area (Å²) in [7, 11) is 0. The van der Waals surface area contributed by atoms with Crippen molar-refractivity contribution in [3.8, 4) is 0 Å². The molecule has 0 saturated heterocycles.